The topological polar surface area (TPSA) is 49.4 Å². The fourth-order valence-corrected chi connectivity index (χ4v) is 3.19. The Morgan fingerprint density at radius 2 is 1.87 bits per heavy atom. The molecular weight excluding hydrogens is 309 g/mol. The molecule has 1 aromatic carbocycles. The summed E-state index contributed by atoms with van der Waals surface area (Å²) >= 11 is 0. The zero-order valence-electron chi connectivity index (χ0n) is 12.4. The van der Waals surface area contributed by atoms with E-state index in [-0.39, 0.29) is 18.7 Å². The van der Waals surface area contributed by atoms with Crippen LogP contribution in [0.15, 0.2) is 24.3 Å². The Bertz CT molecular complexity index is 630. The molecule has 7 heteroatoms. The molecule has 2 aliphatic rings. The number of alkyl halides is 3. The van der Waals surface area contributed by atoms with Crippen LogP contribution in [0.4, 0.5) is 13.2 Å². The van der Waals surface area contributed by atoms with Crippen LogP contribution in [0.25, 0.3) is 0 Å². The van der Waals surface area contributed by atoms with E-state index in [9.17, 15) is 22.8 Å². The summed E-state index contributed by atoms with van der Waals surface area (Å²) in [6.45, 7) is 0.893. The highest BCUT2D eigenvalue weighted by Crippen LogP contribution is 2.30. The monoisotopic (exact) mass is 326 g/mol. The summed E-state index contributed by atoms with van der Waals surface area (Å²) in [6.07, 6.45) is -4.09. The van der Waals surface area contributed by atoms with Crippen molar-refractivity contribution in [3.05, 3.63) is 35.4 Å². The zero-order valence-corrected chi connectivity index (χ0v) is 12.4. The Morgan fingerprint density at radius 3 is 2.52 bits per heavy atom. The Balaban J connectivity index is 1.67. The molecule has 1 N–H and O–H groups in total. The summed E-state index contributed by atoms with van der Waals surface area (Å²) in [7, 11) is 0. The lowest BCUT2D eigenvalue weighted by molar-refractivity contribution is -0.172. The largest absolute Gasteiger partial charge is 0.408 e. The van der Waals surface area contributed by atoms with Gasteiger partial charge in [0.1, 0.15) is 12.0 Å². The highest BCUT2D eigenvalue weighted by molar-refractivity contribution is 6.01. The number of rotatable bonds is 1. The Morgan fingerprint density at radius 1 is 1.17 bits per heavy atom. The third-order valence-electron chi connectivity index (χ3n) is 4.51. The number of hydrogen-bond donors (Lipinski definition) is 1. The first-order valence-electron chi connectivity index (χ1n) is 7.59. The zero-order chi connectivity index (χ0) is 16.6. The van der Waals surface area contributed by atoms with Gasteiger partial charge in [0.15, 0.2) is 0 Å². The normalized spacial score (nSPS) is 24.8. The van der Waals surface area contributed by atoms with Gasteiger partial charge in [0.25, 0.3) is 0 Å². The predicted molar refractivity (Wildman–Crippen MR) is 76.3 cm³/mol. The van der Waals surface area contributed by atoms with Crippen molar-refractivity contribution in [3.8, 4) is 0 Å². The molecule has 0 spiro atoms. The van der Waals surface area contributed by atoms with Crippen molar-refractivity contribution in [3.63, 3.8) is 0 Å². The molecule has 1 aromatic rings. The third-order valence-corrected chi connectivity index (χ3v) is 4.51. The second-order valence-corrected chi connectivity index (χ2v) is 6.01. The highest BCUT2D eigenvalue weighted by atomic mass is 19.4. The van der Waals surface area contributed by atoms with Crippen molar-refractivity contribution in [2.24, 2.45) is 5.92 Å². The van der Waals surface area contributed by atoms with Crippen LogP contribution in [0.1, 0.15) is 24.0 Å². The summed E-state index contributed by atoms with van der Waals surface area (Å²) in [4.78, 5) is 26.0. The number of nitrogens with zero attached hydrogens (tertiary/aromatic N) is 1. The molecule has 4 nitrogen and oxygen atoms in total. The van der Waals surface area contributed by atoms with Crippen LogP contribution < -0.4 is 5.32 Å². The van der Waals surface area contributed by atoms with Gasteiger partial charge in [-0.25, -0.2) is 0 Å². The number of fused-ring (bicyclic) bond motifs is 1. The number of nitrogens with one attached hydrogen (secondary N) is 1. The molecule has 3 rings (SSSR count). The summed E-state index contributed by atoms with van der Waals surface area (Å²) in [6, 6.07) is 5.89. The fourth-order valence-electron chi connectivity index (χ4n) is 3.19. The summed E-state index contributed by atoms with van der Waals surface area (Å²) in [5, 5.41) is 1.93. The number of hydrogen-bond acceptors (Lipinski definition) is 2. The molecule has 0 saturated carbocycles. The van der Waals surface area contributed by atoms with Gasteiger partial charge in [-0.3, -0.25) is 9.59 Å². The lowest BCUT2D eigenvalue weighted by Crippen LogP contribution is -2.55. The molecule has 124 valence electrons. The van der Waals surface area contributed by atoms with E-state index in [1.807, 2.05) is 29.6 Å². The van der Waals surface area contributed by atoms with Crippen molar-refractivity contribution in [2.45, 2.75) is 38.0 Å². The standard InChI is InChI=1S/C16H17F3N2O2/c17-16(18,19)13-6-5-12(14(22)20-13)15(23)21-8-7-10-3-1-2-4-11(10)9-21/h1-4,12-13H,5-9H2,(H,20,22)/t12-,13-/m1/s1. The summed E-state index contributed by atoms with van der Waals surface area (Å²) in [5.41, 5.74) is 2.19. The van der Waals surface area contributed by atoms with Gasteiger partial charge in [0, 0.05) is 13.1 Å². The first-order chi connectivity index (χ1) is 10.9. The molecule has 2 heterocycles. The minimum Gasteiger partial charge on any atom is -0.344 e. The Kier molecular flexibility index (Phi) is 4.04. The Hall–Kier alpha value is -2.05. The van der Waals surface area contributed by atoms with Crippen molar-refractivity contribution >= 4 is 11.8 Å². The van der Waals surface area contributed by atoms with Gasteiger partial charge >= 0.3 is 6.18 Å². The van der Waals surface area contributed by atoms with E-state index in [2.05, 4.69) is 0 Å². The molecule has 2 amide bonds. The number of amides is 2. The molecule has 0 bridgehead atoms. The Labute approximate surface area is 131 Å². The van der Waals surface area contributed by atoms with Crippen LogP contribution in [0.5, 0.6) is 0 Å². The first-order valence-corrected chi connectivity index (χ1v) is 7.59. The molecule has 2 aliphatic heterocycles. The van der Waals surface area contributed by atoms with Crippen LogP contribution in [0.3, 0.4) is 0 Å². The lowest BCUT2D eigenvalue weighted by Gasteiger charge is -2.35. The van der Waals surface area contributed by atoms with Crippen LogP contribution in [-0.2, 0) is 22.6 Å². The van der Waals surface area contributed by atoms with Crippen molar-refractivity contribution in [1.29, 1.82) is 0 Å². The second-order valence-electron chi connectivity index (χ2n) is 6.01. The summed E-state index contributed by atoms with van der Waals surface area (Å²) in [5.74, 6) is -2.21. The van der Waals surface area contributed by atoms with E-state index >= 15 is 0 Å². The SMILES string of the molecule is O=C1N[C@@H](C(F)(F)F)CC[C@H]1C(=O)N1CCc2ccccc2C1. The van der Waals surface area contributed by atoms with Gasteiger partial charge in [-0.15, -0.1) is 0 Å². The van der Waals surface area contributed by atoms with Gasteiger partial charge < -0.3 is 10.2 Å². The number of benzene rings is 1. The second kappa shape index (κ2) is 5.86. The van der Waals surface area contributed by atoms with Crippen LogP contribution in [0.2, 0.25) is 0 Å². The van der Waals surface area contributed by atoms with E-state index in [0.717, 1.165) is 5.56 Å². The number of halogens is 3. The lowest BCUT2D eigenvalue weighted by atomic mass is 9.91. The average Bonchev–Trinajstić information content (AvgIpc) is 2.53. The van der Waals surface area contributed by atoms with Gasteiger partial charge in [-0.05, 0) is 30.4 Å². The minimum absolute atomic E-state index is 0.0625. The number of piperidine rings is 1. The van der Waals surface area contributed by atoms with E-state index in [0.29, 0.717) is 19.5 Å². The van der Waals surface area contributed by atoms with Crippen LogP contribution in [-0.4, -0.2) is 35.5 Å². The smallest absolute Gasteiger partial charge is 0.344 e. The van der Waals surface area contributed by atoms with Gasteiger partial charge in [-0.1, -0.05) is 24.3 Å². The molecular formula is C16H17F3N2O2. The molecule has 0 radical (unpaired) electrons. The molecule has 0 unspecified atom stereocenters. The summed E-state index contributed by atoms with van der Waals surface area (Å²) < 4.78 is 38.0. The molecule has 1 fully saturated rings. The first kappa shape index (κ1) is 15.8. The number of carbonyl (C=O) groups excluding carboxylic acids is 2. The van der Waals surface area contributed by atoms with Gasteiger partial charge in [0.05, 0.1) is 0 Å². The third kappa shape index (κ3) is 3.18. The van der Waals surface area contributed by atoms with Gasteiger partial charge in [-0.2, -0.15) is 13.2 Å². The van der Waals surface area contributed by atoms with Crippen molar-refractivity contribution in [2.75, 3.05) is 6.54 Å². The maximum Gasteiger partial charge on any atom is 0.408 e. The molecule has 1 saturated heterocycles. The van der Waals surface area contributed by atoms with Gasteiger partial charge in [0.2, 0.25) is 11.8 Å². The molecule has 0 aromatic heterocycles. The fraction of sp³-hybridized carbons (Fsp3) is 0.500. The molecule has 2 atom stereocenters. The molecule has 0 aliphatic carbocycles. The van der Waals surface area contributed by atoms with E-state index in [1.54, 1.807) is 4.90 Å². The molecule has 23 heavy (non-hydrogen) atoms. The number of carbonyl (C=O) groups is 2. The average molecular weight is 326 g/mol. The van der Waals surface area contributed by atoms with Crippen LogP contribution >= 0.6 is 0 Å². The highest BCUT2D eigenvalue weighted by Gasteiger charge is 2.46. The quantitative estimate of drug-likeness (QED) is 0.803. The maximum absolute atomic E-state index is 12.7. The van der Waals surface area contributed by atoms with Crippen molar-refractivity contribution < 1.29 is 22.8 Å². The van der Waals surface area contributed by atoms with Crippen LogP contribution in [0, 0.1) is 5.92 Å². The van der Waals surface area contributed by atoms with E-state index in [1.165, 1.54) is 5.56 Å². The van der Waals surface area contributed by atoms with E-state index in [4.69, 9.17) is 0 Å². The van der Waals surface area contributed by atoms with E-state index < -0.39 is 24.0 Å². The minimum atomic E-state index is -4.46. The predicted octanol–water partition coefficient (Wildman–Crippen LogP) is 2.03. The van der Waals surface area contributed by atoms with Crippen molar-refractivity contribution in [1.82, 2.24) is 10.2 Å². The maximum atomic E-state index is 12.7.